The van der Waals surface area contributed by atoms with Crippen LogP contribution in [0.1, 0.15) is 36.1 Å². The third kappa shape index (κ3) is 3.82. The summed E-state index contributed by atoms with van der Waals surface area (Å²) in [7, 11) is -3.52. The van der Waals surface area contributed by atoms with Crippen LogP contribution in [0.3, 0.4) is 0 Å². The van der Waals surface area contributed by atoms with Gasteiger partial charge in [0.15, 0.2) is 9.84 Å². The molecule has 1 fully saturated rings. The van der Waals surface area contributed by atoms with Gasteiger partial charge in [0.2, 0.25) is 0 Å². The summed E-state index contributed by atoms with van der Waals surface area (Å²) in [6.07, 6.45) is 1.32. The van der Waals surface area contributed by atoms with Crippen LogP contribution in [0.25, 0.3) is 21.6 Å². The van der Waals surface area contributed by atoms with Gasteiger partial charge >= 0.3 is 5.97 Å². The van der Waals surface area contributed by atoms with E-state index in [4.69, 9.17) is 0 Å². The second-order valence-electron chi connectivity index (χ2n) is 7.95. The fourth-order valence-corrected chi connectivity index (χ4v) is 7.95. The molecule has 0 unspecified atom stereocenters. The maximum atomic E-state index is 13.0. The van der Waals surface area contributed by atoms with Crippen molar-refractivity contribution >= 4 is 27.1 Å². The minimum Gasteiger partial charge on any atom is -0.481 e. The second-order valence-corrected chi connectivity index (χ2v) is 11.5. The van der Waals surface area contributed by atoms with Crippen molar-refractivity contribution in [3.63, 3.8) is 0 Å². The monoisotopic (exact) mass is 440 g/mol. The van der Waals surface area contributed by atoms with Crippen molar-refractivity contribution in [1.82, 2.24) is 0 Å². The molecular weight excluding hydrogens is 416 g/mol. The minimum absolute atomic E-state index is 0.0543. The van der Waals surface area contributed by atoms with Gasteiger partial charge in [-0.05, 0) is 48.6 Å². The first kappa shape index (κ1) is 20.8. The molecule has 4 nitrogen and oxygen atoms in total. The Labute approximate surface area is 181 Å². The highest BCUT2D eigenvalue weighted by molar-refractivity contribution is 7.92. The van der Waals surface area contributed by atoms with Crippen LogP contribution in [-0.4, -0.2) is 25.2 Å². The fourth-order valence-electron chi connectivity index (χ4n) is 4.17. The number of hydrogen-bond acceptors (Lipinski definition) is 4. The number of carboxylic acids is 1. The highest BCUT2D eigenvalue weighted by Crippen LogP contribution is 2.47. The fraction of sp³-hybridized carbons (Fsp3) is 0.292. The predicted octanol–water partition coefficient (Wildman–Crippen LogP) is 5.66. The average molecular weight is 441 g/mol. The highest BCUT2D eigenvalue weighted by Gasteiger charge is 2.49. The van der Waals surface area contributed by atoms with Gasteiger partial charge in [0.1, 0.15) is 4.75 Å². The Bertz CT molecular complexity index is 1160. The Morgan fingerprint density at radius 1 is 0.933 bits per heavy atom. The van der Waals surface area contributed by atoms with Crippen molar-refractivity contribution in [2.24, 2.45) is 0 Å². The Morgan fingerprint density at radius 2 is 1.53 bits per heavy atom. The van der Waals surface area contributed by atoms with Gasteiger partial charge in [-0.3, -0.25) is 4.79 Å². The summed E-state index contributed by atoms with van der Waals surface area (Å²) in [6.45, 7) is 2.06. The van der Waals surface area contributed by atoms with Gasteiger partial charge in [-0.1, -0.05) is 60.5 Å². The summed E-state index contributed by atoms with van der Waals surface area (Å²) in [5, 5.41) is 9.44. The average Bonchev–Trinajstić information content (AvgIpc) is 3.21. The molecule has 0 spiro atoms. The molecule has 6 heteroatoms. The summed E-state index contributed by atoms with van der Waals surface area (Å²) < 4.78 is 24.6. The van der Waals surface area contributed by atoms with Crippen molar-refractivity contribution in [2.75, 3.05) is 5.75 Å². The molecule has 0 bridgehead atoms. The van der Waals surface area contributed by atoms with E-state index >= 15 is 0 Å². The number of carbonyl (C=O) groups is 1. The van der Waals surface area contributed by atoms with E-state index in [9.17, 15) is 18.3 Å². The molecule has 1 aliphatic rings. The lowest BCUT2D eigenvalue weighted by Crippen LogP contribution is -2.41. The van der Waals surface area contributed by atoms with E-state index in [2.05, 4.69) is 43.3 Å². The molecular formula is C24H24O4S2. The Balaban J connectivity index is 1.67. The van der Waals surface area contributed by atoms with Crippen molar-refractivity contribution in [3.05, 3.63) is 71.1 Å². The topological polar surface area (TPSA) is 71.4 Å². The van der Waals surface area contributed by atoms with E-state index in [1.807, 2.05) is 18.2 Å². The van der Waals surface area contributed by atoms with Crippen LogP contribution in [0, 0.1) is 6.92 Å². The van der Waals surface area contributed by atoms with E-state index < -0.39 is 20.6 Å². The number of thiophene rings is 1. The van der Waals surface area contributed by atoms with Gasteiger partial charge in [0.25, 0.3) is 0 Å². The van der Waals surface area contributed by atoms with Crippen LogP contribution in [0.2, 0.25) is 0 Å². The molecule has 4 rings (SSSR count). The van der Waals surface area contributed by atoms with Crippen LogP contribution in [0.15, 0.2) is 60.7 Å². The molecule has 0 radical (unpaired) electrons. The lowest BCUT2D eigenvalue weighted by Gasteiger charge is -2.34. The van der Waals surface area contributed by atoms with Crippen molar-refractivity contribution in [2.45, 2.75) is 37.4 Å². The zero-order valence-corrected chi connectivity index (χ0v) is 18.4. The van der Waals surface area contributed by atoms with E-state index in [0.29, 0.717) is 17.7 Å². The zero-order chi connectivity index (χ0) is 21.4. The van der Waals surface area contributed by atoms with Crippen LogP contribution < -0.4 is 0 Å². The molecule has 156 valence electrons. The molecule has 2 aromatic carbocycles. The molecule has 1 N–H and O–H groups in total. The number of aliphatic carboxylic acids is 1. The first-order chi connectivity index (χ1) is 14.3. The number of sulfone groups is 1. The maximum absolute atomic E-state index is 13.0. The van der Waals surface area contributed by atoms with Crippen LogP contribution in [0.5, 0.6) is 0 Å². The van der Waals surface area contributed by atoms with Gasteiger partial charge < -0.3 is 5.11 Å². The first-order valence-corrected chi connectivity index (χ1v) is 12.5. The van der Waals surface area contributed by atoms with Gasteiger partial charge in [0, 0.05) is 9.75 Å². The molecule has 2 heterocycles. The van der Waals surface area contributed by atoms with Crippen molar-refractivity contribution in [1.29, 1.82) is 0 Å². The van der Waals surface area contributed by atoms with Crippen LogP contribution >= 0.6 is 11.3 Å². The van der Waals surface area contributed by atoms with Gasteiger partial charge in [-0.25, -0.2) is 8.42 Å². The van der Waals surface area contributed by atoms with Crippen molar-refractivity contribution < 1.29 is 18.3 Å². The number of benzene rings is 2. The van der Waals surface area contributed by atoms with E-state index in [0.717, 1.165) is 28.0 Å². The molecule has 1 aliphatic heterocycles. The van der Waals surface area contributed by atoms with E-state index in [-0.39, 0.29) is 12.2 Å². The highest BCUT2D eigenvalue weighted by atomic mass is 32.2. The third-order valence-electron chi connectivity index (χ3n) is 5.89. The number of aryl methyl sites for hydroxylation is 1. The SMILES string of the molecule is Cc1ccc(-c2ccc(-c3ccc([C@@]4(CC(=O)O)CCCCS4(=O)=O)s3)cc2)cc1. The lowest BCUT2D eigenvalue weighted by molar-refractivity contribution is -0.137. The predicted molar refractivity (Wildman–Crippen MR) is 121 cm³/mol. The largest absolute Gasteiger partial charge is 0.481 e. The molecule has 0 aliphatic carbocycles. The first-order valence-electron chi connectivity index (χ1n) is 10.0. The Hall–Kier alpha value is -2.44. The smallest absolute Gasteiger partial charge is 0.305 e. The summed E-state index contributed by atoms with van der Waals surface area (Å²) >= 11 is 1.40. The minimum atomic E-state index is -3.52. The Kier molecular flexibility index (Phi) is 5.55. The summed E-state index contributed by atoms with van der Waals surface area (Å²) in [4.78, 5) is 13.1. The summed E-state index contributed by atoms with van der Waals surface area (Å²) in [5.41, 5.74) is 4.48. The quantitative estimate of drug-likeness (QED) is 0.556. The van der Waals surface area contributed by atoms with Crippen LogP contribution in [0.4, 0.5) is 0 Å². The molecule has 30 heavy (non-hydrogen) atoms. The normalized spacial score (nSPS) is 20.7. The van der Waals surface area contributed by atoms with Crippen molar-refractivity contribution in [3.8, 4) is 21.6 Å². The number of hydrogen-bond donors (Lipinski definition) is 1. The van der Waals surface area contributed by atoms with Gasteiger partial charge in [0.05, 0.1) is 12.2 Å². The standard InChI is InChI=1S/C24H24O4S2/c1-17-4-6-18(7-5-17)19-8-10-20(11-9-19)21-12-13-22(29-21)24(16-23(25)26)14-2-3-15-30(24,27)28/h4-13H,2-3,14-16H2,1H3,(H,25,26)/t24-/m0/s1. The zero-order valence-electron chi connectivity index (χ0n) is 16.8. The summed E-state index contributed by atoms with van der Waals surface area (Å²) in [5.74, 6) is -1.02. The van der Waals surface area contributed by atoms with E-state index in [1.165, 1.54) is 16.9 Å². The molecule has 3 aromatic rings. The molecule has 1 aromatic heterocycles. The summed E-state index contributed by atoms with van der Waals surface area (Å²) in [6, 6.07) is 20.3. The Morgan fingerprint density at radius 3 is 2.13 bits per heavy atom. The maximum Gasteiger partial charge on any atom is 0.305 e. The second kappa shape index (κ2) is 8.00. The third-order valence-corrected chi connectivity index (χ3v) is 9.94. The number of rotatable bonds is 5. The van der Waals surface area contributed by atoms with Gasteiger partial charge in [-0.15, -0.1) is 11.3 Å². The molecule has 0 amide bonds. The van der Waals surface area contributed by atoms with E-state index in [1.54, 1.807) is 6.07 Å². The lowest BCUT2D eigenvalue weighted by atomic mass is 9.95. The molecule has 0 saturated carbocycles. The van der Waals surface area contributed by atoms with Crippen LogP contribution in [-0.2, 0) is 19.4 Å². The molecule has 1 saturated heterocycles. The molecule has 1 atom stereocenters. The van der Waals surface area contributed by atoms with Gasteiger partial charge in [-0.2, -0.15) is 0 Å². The number of carboxylic acid groups (broad SMARTS) is 1.